The zero-order valence-corrected chi connectivity index (χ0v) is 13.3. The molecule has 0 amide bonds. The monoisotopic (exact) mass is 359 g/mol. The van der Waals surface area contributed by atoms with Gasteiger partial charge in [0.2, 0.25) is 0 Å². The molecule has 0 bridgehead atoms. The van der Waals surface area contributed by atoms with Crippen LogP contribution in [0.25, 0.3) is 0 Å². The van der Waals surface area contributed by atoms with Gasteiger partial charge in [0.05, 0.1) is 17.8 Å². The lowest BCUT2D eigenvalue weighted by Gasteiger charge is -2.11. The standard InChI is InChI=1S/C14H12BrCl2NO/c1-19-11-4-5-13(17)14(7-11)18-8-9-2-3-10(16)6-12(9)15/h2-7,18H,8H2,1H3. The second-order valence-corrected chi connectivity index (χ2v) is 5.63. The summed E-state index contributed by atoms with van der Waals surface area (Å²) in [5, 5.41) is 4.64. The van der Waals surface area contributed by atoms with Crippen molar-refractivity contribution in [1.82, 2.24) is 0 Å². The van der Waals surface area contributed by atoms with Crippen molar-refractivity contribution >= 4 is 44.8 Å². The van der Waals surface area contributed by atoms with E-state index >= 15 is 0 Å². The van der Waals surface area contributed by atoms with Crippen molar-refractivity contribution in [2.75, 3.05) is 12.4 Å². The molecule has 5 heteroatoms. The van der Waals surface area contributed by atoms with Crippen molar-refractivity contribution in [3.63, 3.8) is 0 Å². The number of nitrogens with one attached hydrogen (secondary N) is 1. The molecule has 1 N–H and O–H groups in total. The topological polar surface area (TPSA) is 21.3 Å². The van der Waals surface area contributed by atoms with E-state index in [1.807, 2.05) is 30.3 Å². The lowest BCUT2D eigenvalue weighted by molar-refractivity contribution is 0.415. The zero-order valence-electron chi connectivity index (χ0n) is 10.2. The molecule has 0 atom stereocenters. The summed E-state index contributed by atoms with van der Waals surface area (Å²) in [4.78, 5) is 0. The maximum Gasteiger partial charge on any atom is 0.121 e. The fourth-order valence-electron chi connectivity index (χ4n) is 1.62. The number of halogens is 3. The van der Waals surface area contributed by atoms with Crippen LogP contribution in [0.2, 0.25) is 10.0 Å². The molecule has 0 spiro atoms. The average Bonchev–Trinajstić information content (AvgIpc) is 2.39. The van der Waals surface area contributed by atoms with Gasteiger partial charge in [-0.15, -0.1) is 0 Å². The van der Waals surface area contributed by atoms with Crippen LogP contribution in [-0.2, 0) is 6.54 Å². The molecule has 19 heavy (non-hydrogen) atoms. The Bertz CT molecular complexity index is 590. The van der Waals surface area contributed by atoms with Gasteiger partial charge in [0.1, 0.15) is 5.75 Å². The summed E-state index contributed by atoms with van der Waals surface area (Å²) in [5.41, 5.74) is 1.94. The lowest BCUT2D eigenvalue weighted by atomic mass is 10.2. The molecule has 2 aromatic carbocycles. The smallest absolute Gasteiger partial charge is 0.121 e. The van der Waals surface area contributed by atoms with Crippen LogP contribution in [0.1, 0.15) is 5.56 Å². The largest absolute Gasteiger partial charge is 0.497 e. The molecule has 0 aliphatic heterocycles. The van der Waals surface area contributed by atoms with Gasteiger partial charge >= 0.3 is 0 Å². The zero-order chi connectivity index (χ0) is 13.8. The molecule has 0 aliphatic rings. The van der Waals surface area contributed by atoms with Crippen LogP contribution < -0.4 is 10.1 Å². The van der Waals surface area contributed by atoms with Crippen LogP contribution in [-0.4, -0.2) is 7.11 Å². The Morgan fingerprint density at radius 3 is 2.63 bits per heavy atom. The van der Waals surface area contributed by atoms with E-state index < -0.39 is 0 Å². The third kappa shape index (κ3) is 3.78. The molecule has 0 saturated carbocycles. The van der Waals surface area contributed by atoms with Crippen molar-refractivity contribution in [2.45, 2.75) is 6.54 Å². The molecule has 0 aliphatic carbocycles. The normalized spacial score (nSPS) is 10.3. The highest BCUT2D eigenvalue weighted by molar-refractivity contribution is 9.10. The molecule has 0 heterocycles. The lowest BCUT2D eigenvalue weighted by Crippen LogP contribution is -2.01. The van der Waals surface area contributed by atoms with Gasteiger partial charge in [0, 0.05) is 22.1 Å². The Balaban J connectivity index is 2.14. The van der Waals surface area contributed by atoms with E-state index in [0.29, 0.717) is 16.6 Å². The third-order valence-corrected chi connectivity index (χ3v) is 3.96. The molecule has 0 aromatic heterocycles. The van der Waals surface area contributed by atoms with Crippen molar-refractivity contribution in [3.05, 3.63) is 56.5 Å². The van der Waals surface area contributed by atoms with Crippen molar-refractivity contribution in [3.8, 4) is 5.75 Å². The summed E-state index contributed by atoms with van der Waals surface area (Å²) < 4.78 is 6.14. The number of hydrogen-bond acceptors (Lipinski definition) is 2. The summed E-state index contributed by atoms with van der Waals surface area (Å²) in [6, 6.07) is 11.2. The number of benzene rings is 2. The summed E-state index contributed by atoms with van der Waals surface area (Å²) in [5.74, 6) is 0.766. The summed E-state index contributed by atoms with van der Waals surface area (Å²) in [6.07, 6.45) is 0. The van der Waals surface area contributed by atoms with E-state index in [4.69, 9.17) is 27.9 Å². The highest BCUT2D eigenvalue weighted by Gasteiger charge is 2.04. The van der Waals surface area contributed by atoms with E-state index in [-0.39, 0.29) is 0 Å². The van der Waals surface area contributed by atoms with Crippen LogP contribution in [0.15, 0.2) is 40.9 Å². The second-order valence-electron chi connectivity index (χ2n) is 3.94. The quantitative estimate of drug-likeness (QED) is 0.790. The van der Waals surface area contributed by atoms with Gasteiger partial charge in [-0.3, -0.25) is 0 Å². The van der Waals surface area contributed by atoms with Crippen molar-refractivity contribution in [2.24, 2.45) is 0 Å². The van der Waals surface area contributed by atoms with E-state index in [0.717, 1.165) is 21.5 Å². The molecule has 0 unspecified atom stereocenters. The maximum absolute atomic E-state index is 6.13. The third-order valence-electron chi connectivity index (χ3n) is 2.66. The van der Waals surface area contributed by atoms with Crippen molar-refractivity contribution in [1.29, 1.82) is 0 Å². The van der Waals surface area contributed by atoms with Crippen molar-refractivity contribution < 1.29 is 4.74 Å². The van der Waals surface area contributed by atoms with Crippen LogP contribution in [0, 0.1) is 0 Å². The van der Waals surface area contributed by atoms with Gasteiger partial charge in [0.15, 0.2) is 0 Å². The molecule has 0 saturated heterocycles. The molecule has 2 rings (SSSR count). The molecule has 2 nitrogen and oxygen atoms in total. The molecule has 2 aromatic rings. The molecule has 100 valence electrons. The number of hydrogen-bond donors (Lipinski definition) is 1. The number of rotatable bonds is 4. The predicted octanol–water partition coefficient (Wildman–Crippen LogP) is 5.38. The number of ether oxygens (including phenoxy) is 1. The Hall–Kier alpha value is -0.900. The fourth-order valence-corrected chi connectivity index (χ4v) is 2.63. The SMILES string of the molecule is COc1ccc(Cl)c(NCc2ccc(Cl)cc2Br)c1. The number of methoxy groups -OCH3 is 1. The van der Waals surface area contributed by atoms with Gasteiger partial charge in [0.25, 0.3) is 0 Å². The van der Waals surface area contributed by atoms with Gasteiger partial charge in [-0.1, -0.05) is 45.2 Å². The minimum atomic E-state index is 0.643. The Morgan fingerprint density at radius 2 is 1.95 bits per heavy atom. The highest BCUT2D eigenvalue weighted by Crippen LogP contribution is 2.28. The first-order valence-electron chi connectivity index (χ1n) is 5.61. The van der Waals surface area contributed by atoms with Gasteiger partial charge < -0.3 is 10.1 Å². The fraction of sp³-hybridized carbons (Fsp3) is 0.143. The number of anilines is 1. The highest BCUT2D eigenvalue weighted by atomic mass is 79.9. The average molecular weight is 361 g/mol. The van der Waals surface area contributed by atoms with E-state index in [1.54, 1.807) is 13.2 Å². The minimum Gasteiger partial charge on any atom is -0.497 e. The molecule has 0 radical (unpaired) electrons. The second kappa shape index (κ2) is 6.51. The Kier molecular flexibility index (Phi) is 4.97. The van der Waals surface area contributed by atoms with Crippen LogP contribution in [0.5, 0.6) is 5.75 Å². The summed E-state index contributed by atoms with van der Waals surface area (Å²) >= 11 is 15.5. The van der Waals surface area contributed by atoms with Crippen LogP contribution in [0.4, 0.5) is 5.69 Å². The molecule has 0 fully saturated rings. The minimum absolute atomic E-state index is 0.643. The van der Waals surface area contributed by atoms with E-state index in [9.17, 15) is 0 Å². The Labute approximate surface area is 130 Å². The van der Waals surface area contributed by atoms with Gasteiger partial charge in [-0.2, -0.15) is 0 Å². The van der Waals surface area contributed by atoms with Crippen LogP contribution in [0.3, 0.4) is 0 Å². The Morgan fingerprint density at radius 1 is 1.16 bits per heavy atom. The first-order chi connectivity index (χ1) is 9.10. The van der Waals surface area contributed by atoms with Crippen LogP contribution >= 0.6 is 39.1 Å². The summed E-state index contributed by atoms with van der Waals surface area (Å²) in [7, 11) is 1.63. The van der Waals surface area contributed by atoms with E-state index in [2.05, 4.69) is 21.2 Å². The molecular weight excluding hydrogens is 349 g/mol. The van der Waals surface area contributed by atoms with Gasteiger partial charge in [-0.25, -0.2) is 0 Å². The summed E-state index contributed by atoms with van der Waals surface area (Å²) in [6.45, 7) is 0.643. The first-order valence-corrected chi connectivity index (χ1v) is 7.16. The van der Waals surface area contributed by atoms with E-state index in [1.165, 1.54) is 0 Å². The maximum atomic E-state index is 6.13. The predicted molar refractivity (Wildman–Crippen MR) is 84.5 cm³/mol. The molecular formula is C14H12BrCl2NO. The van der Waals surface area contributed by atoms with Gasteiger partial charge in [-0.05, 0) is 29.8 Å². The first kappa shape index (κ1) is 14.5.